The first-order valence-corrected chi connectivity index (χ1v) is 8.87. The van der Waals surface area contributed by atoms with Gasteiger partial charge in [0.25, 0.3) is 0 Å². The number of benzene rings is 1. The zero-order valence-electron chi connectivity index (χ0n) is 12.5. The Kier molecular flexibility index (Phi) is 4.01. The molecule has 4 rings (SSSR count). The van der Waals surface area contributed by atoms with Gasteiger partial charge in [-0.1, -0.05) is 15.9 Å². The van der Waals surface area contributed by atoms with E-state index in [4.69, 9.17) is 4.74 Å². The van der Waals surface area contributed by atoms with Gasteiger partial charge in [0.05, 0.1) is 11.6 Å². The van der Waals surface area contributed by atoms with Crippen molar-refractivity contribution in [2.75, 3.05) is 24.6 Å². The average Bonchev–Trinajstić information content (AvgIpc) is 3.09. The van der Waals surface area contributed by atoms with Crippen molar-refractivity contribution >= 4 is 32.7 Å². The molecule has 0 amide bonds. The molecule has 22 heavy (non-hydrogen) atoms. The minimum absolute atomic E-state index is 0.499. The number of ether oxygens (including phenoxy) is 1. The molecule has 1 unspecified atom stereocenters. The summed E-state index contributed by atoms with van der Waals surface area (Å²) < 4.78 is 6.94. The minimum atomic E-state index is 0.499. The largest absolute Gasteiger partial charge is 0.378 e. The van der Waals surface area contributed by atoms with E-state index >= 15 is 0 Å². The predicted molar refractivity (Wildman–Crippen MR) is 91.1 cm³/mol. The highest BCUT2D eigenvalue weighted by atomic mass is 79.9. The molecule has 116 valence electrons. The number of fused-ring (bicyclic) bond motifs is 1. The summed E-state index contributed by atoms with van der Waals surface area (Å²) in [5.74, 6) is 1.79. The summed E-state index contributed by atoms with van der Waals surface area (Å²) in [6.07, 6.45) is 7.05. The lowest BCUT2D eigenvalue weighted by Crippen LogP contribution is -2.38. The highest BCUT2D eigenvalue weighted by Crippen LogP contribution is 2.32. The summed E-state index contributed by atoms with van der Waals surface area (Å²) >= 11 is 3.55. The molecule has 3 heterocycles. The molecule has 2 aromatic rings. The molecule has 2 aliphatic heterocycles. The molecule has 0 spiro atoms. The van der Waals surface area contributed by atoms with E-state index in [9.17, 15) is 0 Å². The Labute approximate surface area is 139 Å². The van der Waals surface area contributed by atoms with Crippen molar-refractivity contribution < 1.29 is 4.74 Å². The van der Waals surface area contributed by atoms with Crippen molar-refractivity contribution in [2.24, 2.45) is 5.92 Å². The maximum Gasteiger partial charge on any atom is 0.139 e. The summed E-state index contributed by atoms with van der Waals surface area (Å²) in [6, 6.07) is 6.20. The van der Waals surface area contributed by atoms with Crippen LogP contribution in [0.15, 0.2) is 29.0 Å². The van der Waals surface area contributed by atoms with Gasteiger partial charge >= 0.3 is 0 Å². The monoisotopic (exact) mass is 361 g/mol. The van der Waals surface area contributed by atoms with Crippen LogP contribution in [-0.4, -0.2) is 35.8 Å². The molecular formula is C17H20BrN3O. The van der Waals surface area contributed by atoms with Gasteiger partial charge in [0.15, 0.2) is 0 Å². The lowest BCUT2D eigenvalue weighted by atomic mass is 9.90. The normalized spacial score (nSPS) is 23.3. The highest BCUT2D eigenvalue weighted by Gasteiger charge is 2.30. The van der Waals surface area contributed by atoms with Crippen LogP contribution in [0.4, 0.5) is 5.82 Å². The van der Waals surface area contributed by atoms with Crippen LogP contribution in [0.25, 0.3) is 10.9 Å². The first-order chi connectivity index (χ1) is 10.8. The summed E-state index contributed by atoms with van der Waals surface area (Å²) in [7, 11) is 0. The van der Waals surface area contributed by atoms with Crippen molar-refractivity contribution in [1.82, 2.24) is 9.97 Å². The average molecular weight is 362 g/mol. The zero-order chi connectivity index (χ0) is 14.9. The number of rotatable bonds is 2. The van der Waals surface area contributed by atoms with Crippen LogP contribution in [0, 0.1) is 5.92 Å². The van der Waals surface area contributed by atoms with Crippen LogP contribution >= 0.6 is 15.9 Å². The molecule has 0 bridgehead atoms. The maximum atomic E-state index is 5.87. The topological polar surface area (TPSA) is 38.2 Å². The molecule has 0 N–H and O–H groups in total. The molecular weight excluding hydrogens is 342 g/mol. The molecule has 2 aliphatic rings. The van der Waals surface area contributed by atoms with Crippen LogP contribution in [-0.2, 0) is 4.74 Å². The molecule has 0 aliphatic carbocycles. The van der Waals surface area contributed by atoms with E-state index < -0.39 is 0 Å². The van der Waals surface area contributed by atoms with E-state index in [1.165, 1.54) is 25.7 Å². The maximum absolute atomic E-state index is 5.87. The van der Waals surface area contributed by atoms with E-state index in [0.29, 0.717) is 6.10 Å². The van der Waals surface area contributed by atoms with Crippen LogP contribution in [0.1, 0.15) is 25.7 Å². The van der Waals surface area contributed by atoms with Gasteiger partial charge in [0.1, 0.15) is 12.1 Å². The molecule has 0 saturated carbocycles. The summed E-state index contributed by atoms with van der Waals surface area (Å²) in [5, 5.41) is 1.13. The van der Waals surface area contributed by atoms with Crippen LogP contribution in [0.3, 0.4) is 0 Å². The van der Waals surface area contributed by atoms with Crippen LogP contribution in [0.2, 0.25) is 0 Å². The predicted octanol–water partition coefficient (Wildman–Crippen LogP) is 3.79. The lowest BCUT2D eigenvalue weighted by molar-refractivity contribution is 0.0531. The molecule has 2 fully saturated rings. The highest BCUT2D eigenvalue weighted by molar-refractivity contribution is 9.10. The summed E-state index contributed by atoms with van der Waals surface area (Å²) in [4.78, 5) is 11.3. The SMILES string of the molecule is Brc1ccc2ncnc(N3CCC(C4CCCO4)CC3)c2c1. The number of hydrogen-bond donors (Lipinski definition) is 0. The van der Waals surface area contributed by atoms with Gasteiger partial charge in [-0.05, 0) is 49.8 Å². The molecule has 2 saturated heterocycles. The Morgan fingerprint density at radius 2 is 2.00 bits per heavy atom. The molecule has 0 radical (unpaired) electrons. The van der Waals surface area contributed by atoms with Crippen molar-refractivity contribution in [3.63, 3.8) is 0 Å². The quantitative estimate of drug-likeness (QED) is 0.815. The van der Waals surface area contributed by atoms with Gasteiger partial charge in [-0.2, -0.15) is 0 Å². The first kappa shape index (κ1) is 14.4. The summed E-state index contributed by atoms with van der Waals surface area (Å²) in [5.41, 5.74) is 1.01. The first-order valence-electron chi connectivity index (χ1n) is 8.08. The minimum Gasteiger partial charge on any atom is -0.378 e. The van der Waals surface area contributed by atoms with Crippen LogP contribution in [0.5, 0.6) is 0 Å². The van der Waals surface area contributed by atoms with Crippen molar-refractivity contribution in [3.05, 3.63) is 29.0 Å². The molecule has 5 heteroatoms. The standard InChI is InChI=1S/C17H20BrN3O/c18-13-3-4-15-14(10-13)17(20-11-19-15)21-7-5-12(6-8-21)16-2-1-9-22-16/h3-4,10-12,16H,1-2,5-9H2. The summed E-state index contributed by atoms with van der Waals surface area (Å²) in [6.45, 7) is 3.07. The number of piperidine rings is 1. The Balaban J connectivity index is 1.55. The molecule has 1 aromatic carbocycles. The van der Waals surface area contributed by atoms with E-state index in [-0.39, 0.29) is 0 Å². The number of nitrogens with zero attached hydrogens (tertiary/aromatic N) is 3. The second kappa shape index (κ2) is 6.13. The Morgan fingerprint density at radius 3 is 2.77 bits per heavy atom. The number of halogens is 1. The molecule has 1 aromatic heterocycles. The zero-order valence-corrected chi connectivity index (χ0v) is 14.1. The van der Waals surface area contributed by atoms with Crippen molar-refractivity contribution in [1.29, 1.82) is 0 Å². The van der Waals surface area contributed by atoms with E-state index in [1.807, 2.05) is 12.1 Å². The van der Waals surface area contributed by atoms with Gasteiger partial charge in [0.2, 0.25) is 0 Å². The fourth-order valence-electron chi connectivity index (χ4n) is 3.72. The van der Waals surface area contributed by atoms with Gasteiger partial charge in [-0.3, -0.25) is 0 Å². The molecule has 1 atom stereocenters. The second-order valence-electron chi connectivity index (χ2n) is 6.23. The molecule has 4 nitrogen and oxygen atoms in total. The van der Waals surface area contributed by atoms with Gasteiger partial charge < -0.3 is 9.64 Å². The Morgan fingerprint density at radius 1 is 1.14 bits per heavy atom. The Hall–Kier alpha value is -1.20. The van der Waals surface area contributed by atoms with E-state index in [1.54, 1.807) is 6.33 Å². The van der Waals surface area contributed by atoms with Crippen molar-refractivity contribution in [3.8, 4) is 0 Å². The fraction of sp³-hybridized carbons (Fsp3) is 0.529. The number of anilines is 1. The van der Waals surface area contributed by atoms with E-state index in [2.05, 4.69) is 36.9 Å². The third kappa shape index (κ3) is 2.72. The van der Waals surface area contributed by atoms with Crippen molar-refractivity contribution in [2.45, 2.75) is 31.8 Å². The third-order valence-electron chi connectivity index (χ3n) is 4.91. The fourth-order valence-corrected chi connectivity index (χ4v) is 4.09. The van der Waals surface area contributed by atoms with Gasteiger partial charge in [-0.15, -0.1) is 0 Å². The third-order valence-corrected chi connectivity index (χ3v) is 5.40. The Bertz CT molecular complexity index is 664. The van der Waals surface area contributed by atoms with Gasteiger partial charge in [-0.25, -0.2) is 9.97 Å². The number of hydrogen-bond acceptors (Lipinski definition) is 4. The van der Waals surface area contributed by atoms with Crippen LogP contribution < -0.4 is 4.90 Å². The number of aromatic nitrogens is 2. The smallest absolute Gasteiger partial charge is 0.139 e. The lowest BCUT2D eigenvalue weighted by Gasteiger charge is -2.35. The van der Waals surface area contributed by atoms with Gasteiger partial charge in [0, 0.05) is 29.6 Å². The second-order valence-corrected chi connectivity index (χ2v) is 7.15. The van der Waals surface area contributed by atoms with E-state index in [0.717, 1.165) is 46.8 Å².